The van der Waals surface area contributed by atoms with Gasteiger partial charge < -0.3 is 25.1 Å². The minimum absolute atomic E-state index is 0.0787. The topological polar surface area (TPSA) is 121 Å². The molecule has 34 heavy (non-hydrogen) atoms. The summed E-state index contributed by atoms with van der Waals surface area (Å²) in [5, 5.41) is 11.4. The number of thiazole rings is 1. The molecule has 1 aliphatic rings. The van der Waals surface area contributed by atoms with Crippen molar-refractivity contribution in [1.29, 1.82) is 0 Å². The van der Waals surface area contributed by atoms with Crippen molar-refractivity contribution in [3.8, 4) is 21.9 Å². The fourth-order valence-electron chi connectivity index (χ4n) is 3.39. The van der Waals surface area contributed by atoms with Gasteiger partial charge in [0, 0.05) is 5.56 Å². The molecular weight excluding hydrogens is 463 g/mol. The Bertz CT molecular complexity index is 1220. The molecule has 0 saturated heterocycles. The summed E-state index contributed by atoms with van der Waals surface area (Å²) in [5.74, 6) is -1.28. The molecule has 1 atom stereocenters. The van der Waals surface area contributed by atoms with Crippen LogP contribution in [0.3, 0.4) is 0 Å². The Labute approximate surface area is 199 Å². The third kappa shape index (κ3) is 4.46. The highest BCUT2D eigenvalue weighted by Crippen LogP contribution is 2.41. The highest BCUT2D eigenvalue weighted by atomic mass is 32.1. The molecule has 3 aromatic rings. The number of primary amides is 1. The van der Waals surface area contributed by atoms with Gasteiger partial charge in [-0.2, -0.15) is 0 Å². The smallest absolute Gasteiger partial charge is 0.358 e. The van der Waals surface area contributed by atoms with E-state index >= 15 is 0 Å². The number of halogens is 1. The van der Waals surface area contributed by atoms with Gasteiger partial charge in [0.1, 0.15) is 10.8 Å². The average molecular weight is 487 g/mol. The molecule has 1 unspecified atom stereocenters. The van der Waals surface area contributed by atoms with Crippen LogP contribution in [0.25, 0.3) is 10.4 Å². The predicted molar refractivity (Wildman–Crippen MR) is 122 cm³/mol. The number of amides is 1. The Hall–Kier alpha value is -3.50. The van der Waals surface area contributed by atoms with Gasteiger partial charge in [-0.25, -0.2) is 14.2 Å². The molecule has 178 valence electrons. The van der Waals surface area contributed by atoms with Gasteiger partial charge >= 0.3 is 5.97 Å². The van der Waals surface area contributed by atoms with Gasteiger partial charge in [0.2, 0.25) is 5.60 Å². The highest BCUT2D eigenvalue weighted by Gasteiger charge is 2.43. The lowest BCUT2D eigenvalue weighted by atomic mass is 9.93. The number of benzene rings is 2. The zero-order valence-corrected chi connectivity index (χ0v) is 19.4. The molecule has 2 aromatic carbocycles. The first-order valence-electron chi connectivity index (χ1n) is 10.5. The van der Waals surface area contributed by atoms with Crippen LogP contribution in [0, 0.1) is 11.7 Å². The molecule has 3 N–H and O–H groups in total. The van der Waals surface area contributed by atoms with Crippen molar-refractivity contribution in [2.24, 2.45) is 11.7 Å². The van der Waals surface area contributed by atoms with E-state index in [1.54, 1.807) is 0 Å². The maximum Gasteiger partial charge on any atom is 0.358 e. The number of aliphatic hydroxyl groups is 1. The molecule has 1 aliphatic carbocycles. The molecule has 0 radical (unpaired) electrons. The molecule has 0 bridgehead atoms. The second-order valence-corrected chi connectivity index (χ2v) is 8.89. The fraction of sp³-hybridized carbons (Fsp3) is 0.292. The van der Waals surface area contributed by atoms with Crippen molar-refractivity contribution in [3.05, 3.63) is 64.5 Å². The molecule has 1 heterocycles. The van der Waals surface area contributed by atoms with E-state index in [2.05, 4.69) is 4.98 Å². The highest BCUT2D eigenvalue weighted by molar-refractivity contribution is 7.15. The van der Waals surface area contributed by atoms with Crippen molar-refractivity contribution in [1.82, 2.24) is 4.98 Å². The Morgan fingerprint density at radius 2 is 1.82 bits per heavy atom. The molecule has 1 aromatic heterocycles. The van der Waals surface area contributed by atoms with E-state index < -0.39 is 23.3 Å². The van der Waals surface area contributed by atoms with E-state index in [1.807, 2.05) is 0 Å². The summed E-state index contributed by atoms with van der Waals surface area (Å²) in [6.07, 6.45) is 1.97. The summed E-state index contributed by atoms with van der Waals surface area (Å²) in [6.45, 7) is 0.254. The summed E-state index contributed by atoms with van der Waals surface area (Å²) < 4.78 is 29.4. The third-order valence-electron chi connectivity index (χ3n) is 5.54. The first-order chi connectivity index (χ1) is 16.3. The van der Waals surface area contributed by atoms with Crippen molar-refractivity contribution >= 4 is 23.2 Å². The monoisotopic (exact) mass is 486 g/mol. The maximum absolute atomic E-state index is 13.5. The van der Waals surface area contributed by atoms with Crippen LogP contribution in [0.5, 0.6) is 11.5 Å². The number of nitrogens with zero attached hydrogens (tertiary/aromatic N) is 1. The minimum Gasteiger partial charge on any atom is -0.493 e. The maximum atomic E-state index is 13.5. The van der Waals surface area contributed by atoms with Crippen LogP contribution in [0.2, 0.25) is 0 Å². The van der Waals surface area contributed by atoms with Gasteiger partial charge in [-0.3, -0.25) is 4.79 Å². The lowest BCUT2D eigenvalue weighted by molar-refractivity contribution is -0.133. The zero-order chi connectivity index (χ0) is 24.5. The van der Waals surface area contributed by atoms with Crippen LogP contribution in [-0.2, 0) is 15.1 Å². The number of esters is 1. The lowest BCUT2D eigenvalue weighted by Gasteiger charge is -2.23. The molecule has 1 fully saturated rings. The quantitative estimate of drug-likeness (QED) is 0.445. The second-order valence-electron chi connectivity index (χ2n) is 7.89. The average Bonchev–Trinajstić information content (AvgIpc) is 3.57. The number of ether oxygens (including phenoxy) is 3. The molecule has 8 nitrogen and oxygen atoms in total. The molecule has 1 saturated carbocycles. The zero-order valence-electron chi connectivity index (χ0n) is 18.5. The number of methoxy groups -OCH3 is 2. The first-order valence-corrected chi connectivity index (χ1v) is 11.3. The summed E-state index contributed by atoms with van der Waals surface area (Å²) in [7, 11) is 2.86. The van der Waals surface area contributed by atoms with Gasteiger partial charge in [0.05, 0.1) is 25.7 Å². The van der Waals surface area contributed by atoms with Crippen LogP contribution < -0.4 is 15.2 Å². The van der Waals surface area contributed by atoms with Crippen molar-refractivity contribution in [3.63, 3.8) is 0 Å². The summed E-state index contributed by atoms with van der Waals surface area (Å²) >= 11 is 0.893. The van der Waals surface area contributed by atoms with E-state index in [-0.39, 0.29) is 28.6 Å². The molecule has 1 amide bonds. The van der Waals surface area contributed by atoms with Crippen LogP contribution in [0.15, 0.2) is 42.5 Å². The normalized spacial score (nSPS) is 14.8. The Kier molecular flexibility index (Phi) is 6.54. The number of rotatable bonds is 9. The Balaban J connectivity index is 1.83. The third-order valence-corrected chi connectivity index (χ3v) is 6.75. The number of nitrogens with two attached hydrogens (primary N) is 1. The number of carbonyl (C=O) groups is 2. The van der Waals surface area contributed by atoms with Gasteiger partial charge in [-0.1, -0.05) is 18.2 Å². The number of hydrogen-bond acceptors (Lipinski definition) is 8. The van der Waals surface area contributed by atoms with Gasteiger partial charge in [0.15, 0.2) is 17.2 Å². The summed E-state index contributed by atoms with van der Waals surface area (Å²) in [5.41, 5.74) is 3.72. The van der Waals surface area contributed by atoms with Gasteiger partial charge in [0.25, 0.3) is 5.91 Å². The molecule has 4 rings (SSSR count). The van der Waals surface area contributed by atoms with E-state index in [1.165, 1.54) is 56.7 Å². The van der Waals surface area contributed by atoms with Crippen LogP contribution in [0.4, 0.5) is 4.39 Å². The van der Waals surface area contributed by atoms with Crippen LogP contribution in [0.1, 0.15) is 33.9 Å². The number of carbonyl (C=O) groups excluding carboxylic acids is 2. The predicted octanol–water partition coefficient (Wildman–Crippen LogP) is 3.25. The molecule has 0 aliphatic heterocycles. The van der Waals surface area contributed by atoms with E-state index in [4.69, 9.17) is 19.9 Å². The lowest BCUT2D eigenvalue weighted by Crippen LogP contribution is -2.42. The van der Waals surface area contributed by atoms with Crippen LogP contribution >= 0.6 is 11.3 Å². The summed E-state index contributed by atoms with van der Waals surface area (Å²) in [4.78, 5) is 30.1. The summed E-state index contributed by atoms with van der Waals surface area (Å²) in [6, 6.07) is 9.81. The van der Waals surface area contributed by atoms with Gasteiger partial charge in [-0.15, -0.1) is 11.3 Å². The standard InChI is InChI=1S/C24H23FN2O6S/c1-31-17-10-7-15(11-18(17)32-2)24(30,22(26)29)23-27-19(21(28)33-12-13-3-4-13)20(34-23)14-5-8-16(25)9-6-14/h5-11,13,30H,3-4,12H2,1-2H3,(H2,26,29). The van der Waals surface area contributed by atoms with E-state index in [9.17, 15) is 19.1 Å². The molecule has 0 spiro atoms. The number of hydrogen-bond donors (Lipinski definition) is 2. The van der Waals surface area contributed by atoms with Crippen LogP contribution in [-0.4, -0.2) is 42.8 Å². The molecular formula is C24H23FN2O6S. The van der Waals surface area contributed by atoms with E-state index in [0.29, 0.717) is 22.1 Å². The Morgan fingerprint density at radius 1 is 1.15 bits per heavy atom. The van der Waals surface area contributed by atoms with Crippen molar-refractivity contribution in [2.45, 2.75) is 18.4 Å². The first kappa shape index (κ1) is 23.7. The second kappa shape index (κ2) is 9.40. The van der Waals surface area contributed by atoms with Crippen molar-refractivity contribution in [2.75, 3.05) is 20.8 Å². The molecule has 10 heteroatoms. The largest absolute Gasteiger partial charge is 0.493 e. The number of aromatic nitrogens is 1. The van der Waals surface area contributed by atoms with Gasteiger partial charge in [-0.05, 0) is 48.6 Å². The Morgan fingerprint density at radius 3 is 2.41 bits per heavy atom. The minimum atomic E-state index is -2.38. The van der Waals surface area contributed by atoms with E-state index in [0.717, 1.165) is 24.2 Å². The fourth-order valence-corrected chi connectivity index (χ4v) is 4.56. The SMILES string of the molecule is COc1ccc(C(O)(C(N)=O)c2nc(C(=O)OCC3CC3)c(-c3ccc(F)cc3)s2)cc1OC. The van der Waals surface area contributed by atoms with Crippen molar-refractivity contribution < 1.29 is 33.3 Å².